The summed E-state index contributed by atoms with van der Waals surface area (Å²) in [7, 11) is 1.57. The third-order valence-corrected chi connectivity index (χ3v) is 2.73. The molecule has 0 bridgehead atoms. The van der Waals surface area contributed by atoms with E-state index in [1.807, 2.05) is 0 Å². The molecule has 3 N–H and O–H groups in total. The second-order valence-electron chi connectivity index (χ2n) is 3.18. The summed E-state index contributed by atoms with van der Waals surface area (Å²) in [6.45, 7) is 3.62. The monoisotopic (exact) mass is 271 g/mol. The van der Waals surface area contributed by atoms with Gasteiger partial charge < -0.3 is 15.6 Å². The van der Waals surface area contributed by atoms with Gasteiger partial charge in [0.15, 0.2) is 0 Å². The van der Waals surface area contributed by atoms with E-state index < -0.39 is 0 Å². The molecule has 0 radical (unpaired) electrons. The van der Waals surface area contributed by atoms with Crippen molar-refractivity contribution < 1.29 is 9.84 Å². The van der Waals surface area contributed by atoms with Gasteiger partial charge in [0.2, 0.25) is 0 Å². The van der Waals surface area contributed by atoms with Gasteiger partial charge in [-0.1, -0.05) is 6.08 Å². The molecule has 0 unspecified atom stereocenters. The molecule has 1 rings (SSSR count). The number of aromatic hydroxyl groups is 1. The fourth-order valence-corrected chi connectivity index (χ4v) is 1.76. The number of rotatable bonds is 4. The molecular formula is C11H14BrNO2. The van der Waals surface area contributed by atoms with E-state index in [1.54, 1.807) is 25.3 Å². The van der Waals surface area contributed by atoms with Crippen LogP contribution in [-0.4, -0.2) is 12.2 Å². The maximum Gasteiger partial charge on any atom is 0.134 e. The molecule has 15 heavy (non-hydrogen) atoms. The number of ether oxygens (including phenoxy) is 1. The number of benzene rings is 1. The quantitative estimate of drug-likeness (QED) is 0.828. The molecule has 0 aliphatic rings. The van der Waals surface area contributed by atoms with Gasteiger partial charge in [-0.2, -0.15) is 0 Å². The smallest absolute Gasteiger partial charge is 0.134 e. The van der Waals surface area contributed by atoms with Crippen LogP contribution in [-0.2, 0) is 0 Å². The molecule has 0 fully saturated rings. The molecule has 0 heterocycles. The van der Waals surface area contributed by atoms with Gasteiger partial charge in [-0.25, -0.2) is 0 Å². The summed E-state index contributed by atoms with van der Waals surface area (Å²) in [4.78, 5) is 0. The summed E-state index contributed by atoms with van der Waals surface area (Å²) in [6, 6.07) is 3.15. The SMILES string of the molecule is C=CC[C@H](N)c1cc(OC)cc(Br)c1O. The lowest BCUT2D eigenvalue weighted by Crippen LogP contribution is -2.09. The molecule has 3 nitrogen and oxygen atoms in total. The van der Waals surface area contributed by atoms with Crippen LogP contribution >= 0.6 is 15.9 Å². The zero-order chi connectivity index (χ0) is 11.4. The first-order valence-corrected chi connectivity index (χ1v) is 5.32. The predicted octanol–water partition coefficient (Wildman–Crippen LogP) is 2.74. The lowest BCUT2D eigenvalue weighted by atomic mass is 10.0. The fraction of sp³-hybridized carbons (Fsp3) is 0.273. The first kappa shape index (κ1) is 12.1. The largest absolute Gasteiger partial charge is 0.506 e. The Morgan fingerprint density at radius 1 is 1.67 bits per heavy atom. The summed E-state index contributed by atoms with van der Waals surface area (Å²) in [5, 5.41) is 9.80. The van der Waals surface area contributed by atoms with Crippen LogP contribution in [0.5, 0.6) is 11.5 Å². The molecule has 0 saturated carbocycles. The van der Waals surface area contributed by atoms with Gasteiger partial charge in [0.1, 0.15) is 11.5 Å². The highest BCUT2D eigenvalue weighted by Gasteiger charge is 2.14. The molecule has 1 aromatic rings. The van der Waals surface area contributed by atoms with Crippen molar-refractivity contribution in [2.24, 2.45) is 5.73 Å². The highest BCUT2D eigenvalue weighted by molar-refractivity contribution is 9.10. The number of nitrogens with two attached hydrogens (primary N) is 1. The van der Waals surface area contributed by atoms with E-state index in [9.17, 15) is 5.11 Å². The van der Waals surface area contributed by atoms with E-state index in [0.29, 0.717) is 22.2 Å². The van der Waals surface area contributed by atoms with Crippen molar-refractivity contribution in [3.05, 3.63) is 34.8 Å². The summed E-state index contributed by atoms with van der Waals surface area (Å²) in [6.07, 6.45) is 2.32. The number of methoxy groups -OCH3 is 1. The molecule has 0 aliphatic heterocycles. The van der Waals surface area contributed by atoms with Crippen LogP contribution < -0.4 is 10.5 Å². The zero-order valence-corrected chi connectivity index (χ0v) is 10.1. The van der Waals surface area contributed by atoms with Gasteiger partial charge in [-0.3, -0.25) is 0 Å². The van der Waals surface area contributed by atoms with Crippen molar-refractivity contribution in [3.63, 3.8) is 0 Å². The maximum absolute atomic E-state index is 9.80. The molecular weight excluding hydrogens is 258 g/mol. The second-order valence-corrected chi connectivity index (χ2v) is 4.03. The normalized spacial score (nSPS) is 12.2. The Kier molecular flexibility index (Phi) is 4.17. The first-order chi connectivity index (χ1) is 7.10. The Morgan fingerprint density at radius 2 is 2.33 bits per heavy atom. The number of halogens is 1. The third kappa shape index (κ3) is 2.73. The molecule has 82 valence electrons. The summed E-state index contributed by atoms with van der Waals surface area (Å²) >= 11 is 3.25. The standard InChI is InChI=1S/C11H14BrNO2/c1-3-4-10(13)8-5-7(15-2)6-9(12)11(8)14/h3,5-6,10,14H,1,4,13H2,2H3/t10-/m0/s1. The van der Waals surface area contributed by atoms with E-state index in [1.165, 1.54) is 0 Å². The van der Waals surface area contributed by atoms with Crippen molar-refractivity contribution in [2.75, 3.05) is 7.11 Å². The number of phenolic OH excluding ortho intramolecular Hbond substituents is 1. The molecule has 0 saturated heterocycles. The van der Waals surface area contributed by atoms with E-state index in [2.05, 4.69) is 22.5 Å². The van der Waals surface area contributed by atoms with Crippen LogP contribution in [0.2, 0.25) is 0 Å². The zero-order valence-electron chi connectivity index (χ0n) is 8.53. The Labute approximate surface area is 97.7 Å². The van der Waals surface area contributed by atoms with Crippen molar-refractivity contribution in [3.8, 4) is 11.5 Å². The lowest BCUT2D eigenvalue weighted by Gasteiger charge is -2.14. The van der Waals surface area contributed by atoms with Crippen molar-refractivity contribution in [1.82, 2.24) is 0 Å². The van der Waals surface area contributed by atoms with Gasteiger partial charge in [0.25, 0.3) is 0 Å². The minimum atomic E-state index is -0.270. The van der Waals surface area contributed by atoms with Crippen molar-refractivity contribution >= 4 is 15.9 Å². The van der Waals surface area contributed by atoms with Gasteiger partial charge in [-0.05, 0) is 34.5 Å². The van der Waals surface area contributed by atoms with E-state index in [0.717, 1.165) is 0 Å². The van der Waals surface area contributed by atoms with Crippen LogP contribution in [0, 0.1) is 0 Å². The average Bonchev–Trinajstić information content (AvgIpc) is 2.22. The molecule has 0 amide bonds. The van der Waals surface area contributed by atoms with Crippen LogP contribution in [0.15, 0.2) is 29.3 Å². The highest BCUT2D eigenvalue weighted by Crippen LogP contribution is 2.36. The molecule has 0 aromatic heterocycles. The molecule has 0 spiro atoms. The number of hydrogen-bond donors (Lipinski definition) is 2. The van der Waals surface area contributed by atoms with E-state index in [4.69, 9.17) is 10.5 Å². The maximum atomic E-state index is 9.80. The van der Waals surface area contributed by atoms with Gasteiger partial charge in [0.05, 0.1) is 11.6 Å². The number of phenols is 1. The Hall–Kier alpha value is -1.00. The second kappa shape index (κ2) is 5.19. The van der Waals surface area contributed by atoms with Crippen molar-refractivity contribution in [2.45, 2.75) is 12.5 Å². The molecule has 1 atom stereocenters. The number of hydrogen-bond acceptors (Lipinski definition) is 3. The molecule has 1 aromatic carbocycles. The van der Waals surface area contributed by atoms with Crippen LogP contribution in [0.25, 0.3) is 0 Å². The Balaban J connectivity index is 3.14. The minimum Gasteiger partial charge on any atom is -0.506 e. The van der Waals surface area contributed by atoms with Gasteiger partial charge in [-0.15, -0.1) is 6.58 Å². The van der Waals surface area contributed by atoms with Crippen LogP contribution in [0.4, 0.5) is 0 Å². The van der Waals surface area contributed by atoms with Crippen LogP contribution in [0.3, 0.4) is 0 Å². The average molecular weight is 272 g/mol. The molecule has 4 heteroatoms. The summed E-state index contributed by atoms with van der Waals surface area (Å²) in [5.74, 6) is 0.819. The summed E-state index contributed by atoms with van der Waals surface area (Å²) in [5.41, 5.74) is 6.55. The first-order valence-electron chi connectivity index (χ1n) is 4.53. The lowest BCUT2D eigenvalue weighted by molar-refractivity contribution is 0.408. The van der Waals surface area contributed by atoms with Crippen LogP contribution in [0.1, 0.15) is 18.0 Å². The fourth-order valence-electron chi connectivity index (χ4n) is 1.30. The predicted molar refractivity (Wildman–Crippen MR) is 64.1 cm³/mol. The van der Waals surface area contributed by atoms with E-state index >= 15 is 0 Å². The topological polar surface area (TPSA) is 55.5 Å². The Bertz CT molecular complexity index is 366. The molecule has 0 aliphatic carbocycles. The summed E-state index contributed by atoms with van der Waals surface area (Å²) < 4.78 is 5.68. The van der Waals surface area contributed by atoms with Gasteiger partial charge in [0, 0.05) is 11.6 Å². The third-order valence-electron chi connectivity index (χ3n) is 2.12. The highest BCUT2D eigenvalue weighted by atomic mass is 79.9. The van der Waals surface area contributed by atoms with Crippen molar-refractivity contribution in [1.29, 1.82) is 0 Å². The van der Waals surface area contributed by atoms with Gasteiger partial charge >= 0.3 is 0 Å². The minimum absolute atomic E-state index is 0.158. The Morgan fingerprint density at radius 3 is 2.87 bits per heavy atom. The van der Waals surface area contributed by atoms with E-state index in [-0.39, 0.29) is 11.8 Å².